The molecule has 0 aliphatic heterocycles. The van der Waals surface area contributed by atoms with Crippen LogP contribution in [0.15, 0.2) is 55.2 Å². The lowest BCUT2D eigenvalue weighted by molar-refractivity contribution is -0.115. The number of imidazole rings is 1. The van der Waals surface area contributed by atoms with Gasteiger partial charge in [-0.3, -0.25) is 24.7 Å². The van der Waals surface area contributed by atoms with Crippen LogP contribution in [-0.4, -0.2) is 46.8 Å². The molecule has 6 rings (SSSR count). The zero-order chi connectivity index (χ0) is 25.5. The molecule has 0 bridgehead atoms. The number of rotatable bonds is 6. The van der Waals surface area contributed by atoms with Gasteiger partial charge in [-0.1, -0.05) is 6.92 Å². The van der Waals surface area contributed by atoms with Crippen molar-refractivity contribution in [2.45, 2.75) is 20.3 Å². The summed E-state index contributed by atoms with van der Waals surface area (Å²) in [6.45, 7) is 3.35. The molecule has 182 valence electrons. The Bertz CT molecular complexity index is 1820. The van der Waals surface area contributed by atoms with Crippen molar-refractivity contribution in [1.82, 2.24) is 35.1 Å². The lowest BCUT2D eigenvalue weighted by Gasteiger charge is -2.06. The van der Waals surface area contributed by atoms with Crippen LogP contribution >= 0.6 is 11.3 Å². The van der Waals surface area contributed by atoms with E-state index in [4.69, 9.17) is 4.98 Å². The lowest BCUT2D eigenvalue weighted by atomic mass is 10.1. The number of H-pyrrole nitrogens is 2. The van der Waals surface area contributed by atoms with Crippen LogP contribution in [0.4, 0.5) is 5.69 Å². The van der Waals surface area contributed by atoms with E-state index in [9.17, 15) is 9.59 Å². The molecular weight excluding hydrogens is 488 g/mol. The number of thiophene rings is 1. The first-order chi connectivity index (χ1) is 18.0. The van der Waals surface area contributed by atoms with E-state index in [0.717, 1.165) is 38.0 Å². The highest BCUT2D eigenvalue weighted by Crippen LogP contribution is 2.35. The van der Waals surface area contributed by atoms with E-state index in [1.807, 2.05) is 24.3 Å². The van der Waals surface area contributed by atoms with Gasteiger partial charge in [-0.2, -0.15) is 5.10 Å². The maximum atomic E-state index is 11.8. The number of carbonyl (C=O) groups excluding carboxylic acids is 2. The number of fused-ring (bicyclic) bond motifs is 2. The molecule has 0 aliphatic carbocycles. The van der Waals surface area contributed by atoms with E-state index in [1.165, 1.54) is 11.3 Å². The first-order valence-corrected chi connectivity index (χ1v) is 12.4. The van der Waals surface area contributed by atoms with Gasteiger partial charge in [0.15, 0.2) is 17.3 Å². The van der Waals surface area contributed by atoms with Crippen LogP contribution in [0.5, 0.6) is 0 Å². The molecule has 0 aliphatic rings. The predicted octanol–water partition coefficient (Wildman–Crippen LogP) is 5.24. The van der Waals surface area contributed by atoms with Crippen LogP contribution < -0.4 is 5.32 Å². The van der Waals surface area contributed by atoms with Gasteiger partial charge in [0.25, 0.3) is 0 Å². The third-order valence-electron chi connectivity index (χ3n) is 5.93. The Hall–Kier alpha value is -4.77. The fourth-order valence-electron chi connectivity index (χ4n) is 4.05. The summed E-state index contributed by atoms with van der Waals surface area (Å²) >= 11 is 1.42. The molecule has 6 aromatic heterocycles. The number of carbonyl (C=O) groups is 2. The number of nitrogens with zero attached hydrogens (tertiary/aromatic N) is 5. The monoisotopic (exact) mass is 508 g/mol. The molecule has 0 unspecified atom stereocenters. The molecule has 37 heavy (non-hydrogen) atoms. The lowest BCUT2D eigenvalue weighted by Crippen LogP contribution is -2.09. The van der Waals surface area contributed by atoms with Crippen LogP contribution in [0.3, 0.4) is 0 Å². The van der Waals surface area contributed by atoms with Gasteiger partial charge in [-0.15, -0.1) is 11.3 Å². The van der Waals surface area contributed by atoms with Gasteiger partial charge >= 0.3 is 0 Å². The SMILES string of the molecule is CCC(=O)Nc1cncc(-c2cnc3[nH]nc(-c4nc5c(-c6ccc(C(C)=O)s6)cncc5[nH]4)c3c2)c1. The fourth-order valence-corrected chi connectivity index (χ4v) is 4.97. The molecule has 0 aromatic carbocycles. The van der Waals surface area contributed by atoms with E-state index >= 15 is 0 Å². The first-order valence-electron chi connectivity index (χ1n) is 11.5. The van der Waals surface area contributed by atoms with Gasteiger partial charge in [-0.25, -0.2) is 9.97 Å². The van der Waals surface area contributed by atoms with Crippen molar-refractivity contribution in [2.75, 3.05) is 5.32 Å². The Balaban J connectivity index is 1.42. The average molecular weight is 509 g/mol. The van der Waals surface area contributed by atoms with Gasteiger partial charge in [0.1, 0.15) is 11.2 Å². The summed E-state index contributed by atoms with van der Waals surface area (Å²) in [6.07, 6.45) is 8.92. The normalized spacial score (nSPS) is 11.3. The zero-order valence-corrected chi connectivity index (χ0v) is 20.7. The number of ketones is 1. The van der Waals surface area contributed by atoms with Gasteiger partial charge < -0.3 is 10.3 Å². The third-order valence-corrected chi connectivity index (χ3v) is 7.15. The van der Waals surface area contributed by atoms with Crippen molar-refractivity contribution in [3.8, 4) is 33.1 Å². The number of hydrogen-bond donors (Lipinski definition) is 3. The molecule has 0 spiro atoms. The molecule has 0 radical (unpaired) electrons. The van der Waals surface area contributed by atoms with Crippen molar-refractivity contribution in [1.29, 1.82) is 0 Å². The third kappa shape index (κ3) is 4.15. The average Bonchev–Trinajstić information content (AvgIpc) is 3.66. The van der Waals surface area contributed by atoms with Crippen LogP contribution in [0, 0.1) is 0 Å². The molecule has 6 heterocycles. The molecule has 0 saturated carbocycles. The van der Waals surface area contributed by atoms with Gasteiger partial charge in [0.2, 0.25) is 5.91 Å². The van der Waals surface area contributed by atoms with E-state index in [1.54, 1.807) is 44.8 Å². The summed E-state index contributed by atoms with van der Waals surface area (Å²) in [6, 6.07) is 7.56. The Morgan fingerprint density at radius 3 is 2.68 bits per heavy atom. The minimum absolute atomic E-state index is 0.0267. The summed E-state index contributed by atoms with van der Waals surface area (Å²) in [5, 5.41) is 11.1. The molecule has 0 atom stereocenters. The van der Waals surface area contributed by atoms with E-state index in [2.05, 4.69) is 35.5 Å². The van der Waals surface area contributed by atoms with Crippen molar-refractivity contribution in [3.05, 3.63) is 60.1 Å². The smallest absolute Gasteiger partial charge is 0.224 e. The summed E-state index contributed by atoms with van der Waals surface area (Å²) < 4.78 is 0. The van der Waals surface area contributed by atoms with Crippen LogP contribution in [-0.2, 0) is 4.79 Å². The second-order valence-electron chi connectivity index (χ2n) is 8.45. The first kappa shape index (κ1) is 22.7. The van der Waals surface area contributed by atoms with Crippen molar-refractivity contribution in [2.24, 2.45) is 0 Å². The molecule has 10 nitrogen and oxygen atoms in total. The largest absolute Gasteiger partial charge is 0.335 e. The van der Waals surface area contributed by atoms with Gasteiger partial charge in [0, 0.05) is 46.6 Å². The van der Waals surface area contributed by atoms with Crippen LogP contribution in [0.1, 0.15) is 29.9 Å². The Kier molecular flexibility index (Phi) is 5.53. The van der Waals surface area contributed by atoms with Crippen LogP contribution in [0.25, 0.3) is 55.2 Å². The number of hydrogen-bond acceptors (Lipinski definition) is 8. The Morgan fingerprint density at radius 1 is 1.03 bits per heavy atom. The molecule has 3 N–H and O–H groups in total. The van der Waals surface area contributed by atoms with Crippen LogP contribution in [0.2, 0.25) is 0 Å². The highest BCUT2D eigenvalue weighted by molar-refractivity contribution is 7.17. The number of Topliss-reactive ketones (excluding diaryl/α,β-unsaturated/α-hetero) is 1. The van der Waals surface area contributed by atoms with Crippen molar-refractivity contribution >= 4 is 50.8 Å². The topological polar surface area (TPSA) is 142 Å². The second-order valence-corrected chi connectivity index (χ2v) is 9.53. The summed E-state index contributed by atoms with van der Waals surface area (Å²) in [4.78, 5) is 46.5. The summed E-state index contributed by atoms with van der Waals surface area (Å²) in [7, 11) is 0. The Morgan fingerprint density at radius 2 is 1.86 bits per heavy atom. The minimum atomic E-state index is -0.0801. The molecule has 11 heteroatoms. The highest BCUT2D eigenvalue weighted by atomic mass is 32.1. The molecular formula is C26H20N8O2S. The van der Waals surface area contributed by atoms with E-state index in [0.29, 0.717) is 34.2 Å². The van der Waals surface area contributed by atoms with E-state index in [-0.39, 0.29) is 11.7 Å². The van der Waals surface area contributed by atoms with Crippen molar-refractivity contribution in [3.63, 3.8) is 0 Å². The summed E-state index contributed by atoms with van der Waals surface area (Å²) in [5.74, 6) is 0.516. The standard InChI is InChI=1S/C26H20N8O2S/c1-3-22(36)30-16-6-14(8-27-10-16)15-7-17-24(33-34-25(17)29-9-15)26-31-19-12-28-11-18(23(19)32-26)21-5-4-20(37-21)13(2)35/h4-12H,3H2,1-2H3,(H,30,36)(H,31,32)(H,29,33,34). The highest BCUT2D eigenvalue weighted by Gasteiger charge is 2.18. The zero-order valence-electron chi connectivity index (χ0n) is 19.9. The maximum Gasteiger partial charge on any atom is 0.224 e. The number of nitrogens with one attached hydrogen (secondary N) is 3. The van der Waals surface area contributed by atoms with Gasteiger partial charge in [-0.05, 0) is 31.2 Å². The second kappa shape index (κ2) is 9.03. The maximum absolute atomic E-state index is 11.8. The number of aromatic nitrogens is 7. The number of aromatic amines is 2. The number of pyridine rings is 3. The number of anilines is 1. The van der Waals surface area contributed by atoms with Gasteiger partial charge in [0.05, 0.1) is 33.9 Å². The quantitative estimate of drug-likeness (QED) is 0.261. The number of amides is 1. The fraction of sp³-hybridized carbons (Fsp3) is 0.115. The molecule has 0 saturated heterocycles. The molecule has 6 aromatic rings. The van der Waals surface area contributed by atoms with Crippen molar-refractivity contribution < 1.29 is 9.59 Å². The Labute approximate surface area is 214 Å². The molecule has 1 amide bonds. The summed E-state index contributed by atoms with van der Waals surface area (Å²) in [5.41, 5.74) is 5.83. The minimum Gasteiger partial charge on any atom is -0.335 e. The predicted molar refractivity (Wildman–Crippen MR) is 142 cm³/mol. The van der Waals surface area contributed by atoms with E-state index < -0.39 is 0 Å². The molecule has 0 fully saturated rings.